The normalized spacial score (nSPS) is 58.2. The molecule has 0 bridgehead atoms. The molecule has 4 saturated carbocycles. The fourth-order valence-electron chi connectivity index (χ4n) is 14.7. The molecule has 4 aliphatic carbocycles. The molecule has 18 heteroatoms. The van der Waals surface area contributed by atoms with Crippen LogP contribution in [0.1, 0.15) is 91.9 Å². The number of hydrogen-bond donors (Lipinski definition) is 10. The Morgan fingerprint density at radius 1 is 0.556 bits per heavy atom. The SMILES string of the molecule is CC1CCC2(OC1)OC1CC3C4CCC5CC(OC6OC(CO)C(O)C(O)C6OC6OC(CO)C(O)C(OC7OC(CO)C(O)C(O)C7O)C6O)CCC5(C)C4CCC3(C)C1C2C. The zero-order chi connectivity index (χ0) is 44.9. The third-order valence-corrected chi connectivity index (χ3v) is 18.3. The molecular formula is C45H74O18. The first-order valence-electron chi connectivity index (χ1n) is 23.8. The second-order valence-electron chi connectivity index (χ2n) is 21.5. The van der Waals surface area contributed by atoms with Crippen molar-refractivity contribution in [3.05, 3.63) is 0 Å². The Bertz CT molecular complexity index is 1570. The third kappa shape index (κ3) is 7.88. The zero-order valence-corrected chi connectivity index (χ0v) is 37.0. The fourth-order valence-corrected chi connectivity index (χ4v) is 14.7. The van der Waals surface area contributed by atoms with E-state index in [1.54, 1.807) is 0 Å². The lowest BCUT2D eigenvalue weighted by molar-refractivity contribution is -0.388. The standard InChI is InChI=1S/C45H74O18/c1-19-7-12-45(56-18-19)20(2)30-26(63-45)14-25-23-6-5-21-13-22(8-10-43(21,3)24(23)9-11-44(25,30)4)57-42-39(35(53)32(50)28(16-47)60-42)62-41-37(55)38(33(51)29(17-48)59-41)61-40-36(54)34(52)31(49)27(15-46)58-40/h19-42,46-55H,5-18H2,1-4H3. The van der Waals surface area contributed by atoms with Crippen LogP contribution >= 0.6 is 0 Å². The number of ether oxygens (including phenoxy) is 8. The Morgan fingerprint density at radius 3 is 1.84 bits per heavy atom. The predicted molar refractivity (Wildman–Crippen MR) is 216 cm³/mol. The molecule has 9 fully saturated rings. The van der Waals surface area contributed by atoms with Gasteiger partial charge in [-0.3, -0.25) is 0 Å². The highest BCUT2D eigenvalue weighted by molar-refractivity contribution is 5.15. The summed E-state index contributed by atoms with van der Waals surface area (Å²) in [6.45, 7) is 8.26. The average Bonchev–Trinajstić information content (AvgIpc) is 3.72. The summed E-state index contributed by atoms with van der Waals surface area (Å²) in [7, 11) is 0. The summed E-state index contributed by atoms with van der Waals surface area (Å²) in [6.07, 6.45) is -14.4. The van der Waals surface area contributed by atoms with Gasteiger partial charge in [0.15, 0.2) is 24.7 Å². The Balaban J connectivity index is 0.871. The monoisotopic (exact) mass is 902 g/mol. The van der Waals surface area contributed by atoms with Crippen LogP contribution in [0.3, 0.4) is 0 Å². The van der Waals surface area contributed by atoms with E-state index in [9.17, 15) is 51.1 Å². The number of fused-ring (bicyclic) bond motifs is 7. The van der Waals surface area contributed by atoms with Crippen molar-refractivity contribution in [2.24, 2.45) is 52.3 Å². The average molecular weight is 903 g/mol. The Hall–Kier alpha value is -0.720. The van der Waals surface area contributed by atoms with Crippen molar-refractivity contribution in [1.82, 2.24) is 0 Å². The largest absolute Gasteiger partial charge is 0.394 e. The van der Waals surface area contributed by atoms with E-state index in [0.29, 0.717) is 47.8 Å². The smallest absolute Gasteiger partial charge is 0.187 e. The second kappa shape index (κ2) is 18.0. The van der Waals surface area contributed by atoms with Crippen molar-refractivity contribution < 1.29 is 89.0 Å². The lowest BCUT2D eigenvalue weighted by Gasteiger charge is -2.61. The molecule has 27 unspecified atom stereocenters. The molecule has 63 heavy (non-hydrogen) atoms. The molecule has 5 aliphatic heterocycles. The lowest BCUT2D eigenvalue weighted by Crippen LogP contribution is -2.67. The molecule has 9 rings (SSSR count). The molecule has 9 aliphatic rings. The van der Waals surface area contributed by atoms with Gasteiger partial charge < -0.3 is 89.0 Å². The van der Waals surface area contributed by atoms with Crippen molar-refractivity contribution in [2.75, 3.05) is 26.4 Å². The van der Waals surface area contributed by atoms with E-state index < -0.39 is 118 Å². The molecule has 0 radical (unpaired) electrons. The van der Waals surface area contributed by atoms with Crippen molar-refractivity contribution in [3.63, 3.8) is 0 Å². The zero-order valence-electron chi connectivity index (χ0n) is 37.0. The van der Waals surface area contributed by atoms with E-state index in [-0.39, 0.29) is 23.0 Å². The fraction of sp³-hybridized carbons (Fsp3) is 1.00. The van der Waals surface area contributed by atoms with Crippen molar-refractivity contribution in [1.29, 1.82) is 0 Å². The lowest BCUT2D eigenvalue weighted by atomic mass is 9.44. The van der Waals surface area contributed by atoms with Crippen LogP contribution in [0, 0.1) is 52.3 Å². The van der Waals surface area contributed by atoms with Gasteiger partial charge >= 0.3 is 0 Å². The Morgan fingerprint density at radius 2 is 1.17 bits per heavy atom. The van der Waals surface area contributed by atoms with Gasteiger partial charge in [0.2, 0.25) is 0 Å². The molecule has 0 aromatic heterocycles. The molecule has 27 atom stereocenters. The van der Waals surface area contributed by atoms with Gasteiger partial charge in [0.25, 0.3) is 0 Å². The highest BCUT2D eigenvalue weighted by Crippen LogP contribution is 2.71. The Kier molecular flexibility index (Phi) is 13.5. The van der Waals surface area contributed by atoms with Gasteiger partial charge in [-0.25, -0.2) is 0 Å². The van der Waals surface area contributed by atoms with Gasteiger partial charge in [-0.2, -0.15) is 0 Å². The van der Waals surface area contributed by atoms with E-state index in [0.717, 1.165) is 51.6 Å². The first kappa shape index (κ1) is 47.4. The quantitative estimate of drug-likeness (QED) is 0.128. The minimum Gasteiger partial charge on any atom is -0.394 e. The minimum atomic E-state index is -1.89. The van der Waals surface area contributed by atoms with Gasteiger partial charge in [0.05, 0.1) is 38.6 Å². The van der Waals surface area contributed by atoms with Crippen molar-refractivity contribution in [2.45, 2.75) is 202 Å². The summed E-state index contributed by atoms with van der Waals surface area (Å²) in [5.41, 5.74) is 0.310. The summed E-state index contributed by atoms with van der Waals surface area (Å²) in [5.74, 6) is 3.14. The van der Waals surface area contributed by atoms with Gasteiger partial charge in [0.1, 0.15) is 73.2 Å². The van der Waals surface area contributed by atoms with Crippen LogP contribution in [-0.2, 0) is 37.9 Å². The number of rotatable bonds is 9. The molecule has 18 nitrogen and oxygen atoms in total. The van der Waals surface area contributed by atoms with E-state index in [2.05, 4.69) is 27.7 Å². The summed E-state index contributed by atoms with van der Waals surface area (Å²) in [5, 5.41) is 106. The summed E-state index contributed by atoms with van der Waals surface area (Å²) in [6, 6.07) is 0. The highest BCUT2D eigenvalue weighted by Gasteiger charge is 2.69. The summed E-state index contributed by atoms with van der Waals surface area (Å²) < 4.78 is 49.3. The maximum absolute atomic E-state index is 11.5. The molecule has 0 amide bonds. The van der Waals surface area contributed by atoms with Crippen LogP contribution in [0.5, 0.6) is 0 Å². The van der Waals surface area contributed by atoms with Gasteiger partial charge in [-0.05, 0) is 104 Å². The van der Waals surface area contributed by atoms with E-state index >= 15 is 0 Å². The summed E-state index contributed by atoms with van der Waals surface area (Å²) >= 11 is 0. The van der Waals surface area contributed by atoms with Crippen LogP contribution in [0.25, 0.3) is 0 Å². The minimum absolute atomic E-state index is 0.0982. The number of aliphatic hydroxyl groups is 10. The van der Waals surface area contributed by atoms with Gasteiger partial charge in [-0.15, -0.1) is 0 Å². The molecular weight excluding hydrogens is 828 g/mol. The van der Waals surface area contributed by atoms with E-state index in [1.807, 2.05) is 0 Å². The molecule has 1 spiro atoms. The predicted octanol–water partition coefficient (Wildman–Crippen LogP) is -0.734. The van der Waals surface area contributed by atoms with Crippen LogP contribution < -0.4 is 0 Å². The first-order chi connectivity index (χ1) is 30.0. The van der Waals surface area contributed by atoms with Crippen molar-refractivity contribution in [3.8, 4) is 0 Å². The van der Waals surface area contributed by atoms with E-state index in [4.69, 9.17) is 37.9 Å². The van der Waals surface area contributed by atoms with Gasteiger partial charge in [-0.1, -0.05) is 27.7 Å². The topological polar surface area (TPSA) is 276 Å². The first-order valence-corrected chi connectivity index (χ1v) is 23.8. The third-order valence-electron chi connectivity index (χ3n) is 18.3. The maximum Gasteiger partial charge on any atom is 0.187 e. The van der Waals surface area contributed by atoms with Crippen LogP contribution in [0.15, 0.2) is 0 Å². The van der Waals surface area contributed by atoms with E-state index in [1.165, 1.54) is 12.8 Å². The maximum atomic E-state index is 11.5. The van der Waals surface area contributed by atoms with Crippen LogP contribution in [0.2, 0.25) is 0 Å². The second-order valence-corrected chi connectivity index (χ2v) is 21.5. The molecule has 362 valence electrons. The summed E-state index contributed by atoms with van der Waals surface area (Å²) in [4.78, 5) is 0. The molecule has 0 aromatic rings. The number of hydrogen-bond acceptors (Lipinski definition) is 18. The highest BCUT2D eigenvalue weighted by atomic mass is 16.8. The van der Waals surface area contributed by atoms with Crippen molar-refractivity contribution >= 4 is 0 Å². The number of aliphatic hydroxyl groups excluding tert-OH is 10. The van der Waals surface area contributed by atoms with Crippen LogP contribution in [0.4, 0.5) is 0 Å². The van der Waals surface area contributed by atoms with Crippen LogP contribution in [-0.4, -0.2) is 188 Å². The van der Waals surface area contributed by atoms with Gasteiger partial charge in [0, 0.05) is 12.3 Å². The molecule has 5 saturated heterocycles. The Labute approximate surface area is 369 Å². The molecule has 0 aromatic carbocycles. The molecule has 10 N–H and O–H groups in total. The molecule has 5 heterocycles.